The summed E-state index contributed by atoms with van der Waals surface area (Å²) >= 11 is 0. The van der Waals surface area contributed by atoms with E-state index in [1.165, 1.54) is 0 Å². The maximum atomic E-state index is 13.2. The van der Waals surface area contributed by atoms with Crippen LogP contribution in [0.5, 0.6) is 5.75 Å². The summed E-state index contributed by atoms with van der Waals surface area (Å²) in [7, 11) is 0. The van der Waals surface area contributed by atoms with Gasteiger partial charge in [-0.25, -0.2) is 9.67 Å². The van der Waals surface area contributed by atoms with Crippen molar-refractivity contribution in [1.29, 1.82) is 0 Å². The lowest BCUT2D eigenvalue weighted by molar-refractivity contribution is -0.135. The molecule has 6 heteroatoms. The Bertz CT molecular complexity index is 785. The average Bonchev–Trinajstić information content (AvgIpc) is 2.99. The van der Waals surface area contributed by atoms with Crippen molar-refractivity contribution in [3.05, 3.63) is 41.5 Å². The van der Waals surface area contributed by atoms with Crippen molar-refractivity contribution in [2.75, 3.05) is 19.7 Å². The molecule has 0 saturated carbocycles. The van der Waals surface area contributed by atoms with Crippen LogP contribution in [-0.4, -0.2) is 45.3 Å². The Labute approximate surface area is 147 Å². The largest absolute Gasteiger partial charge is 0.493 e. The van der Waals surface area contributed by atoms with E-state index in [2.05, 4.69) is 10.1 Å². The Balaban J connectivity index is 1.54. The molecule has 1 aromatic carbocycles. The number of nitrogens with zero attached hydrogens (tertiary/aromatic N) is 4. The van der Waals surface area contributed by atoms with Gasteiger partial charge in [0.05, 0.1) is 18.6 Å². The monoisotopic (exact) mass is 340 g/mol. The number of carbonyl (C=O) groups is 1. The fraction of sp³-hybridized carbons (Fsp3) is 0.526. The van der Waals surface area contributed by atoms with Crippen LogP contribution in [0.3, 0.4) is 0 Å². The van der Waals surface area contributed by atoms with Crippen LogP contribution >= 0.6 is 0 Å². The molecule has 132 valence electrons. The van der Waals surface area contributed by atoms with E-state index in [4.69, 9.17) is 4.74 Å². The number of rotatable bonds is 2. The first-order chi connectivity index (χ1) is 12.1. The van der Waals surface area contributed by atoms with E-state index in [0.717, 1.165) is 48.8 Å². The molecule has 1 fully saturated rings. The van der Waals surface area contributed by atoms with E-state index < -0.39 is 0 Å². The number of likely N-dealkylation sites (tertiary alicyclic amines) is 1. The molecule has 0 N–H and O–H groups in total. The van der Waals surface area contributed by atoms with Crippen LogP contribution < -0.4 is 4.74 Å². The number of fused-ring (bicyclic) bond motifs is 1. The zero-order valence-corrected chi connectivity index (χ0v) is 14.8. The molecule has 6 nitrogen and oxygen atoms in total. The minimum Gasteiger partial charge on any atom is -0.493 e. The molecule has 0 unspecified atom stereocenters. The number of hydrogen-bond acceptors (Lipinski definition) is 4. The van der Waals surface area contributed by atoms with E-state index in [1.54, 1.807) is 0 Å². The highest BCUT2D eigenvalue weighted by Crippen LogP contribution is 2.35. The second-order valence-electron chi connectivity index (χ2n) is 6.96. The van der Waals surface area contributed by atoms with Gasteiger partial charge in [-0.2, -0.15) is 5.10 Å². The molecule has 1 saturated heterocycles. The summed E-state index contributed by atoms with van der Waals surface area (Å²) in [6, 6.07) is 8.12. The van der Waals surface area contributed by atoms with Gasteiger partial charge in [0.15, 0.2) is 0 Å². The third-order valence-corrected chi connectivity index (χ3v) is 5.22. The van der Waals surface area contributed by atoms with Gasteiger partial charge in [-0.1, -0.05) is 18.2 Å². The van der Waals surface area contributed by atoms with Crippen LogP contribution in [-0.2, 0) is 4.79 Å². The number of ether oxygens (including phenoxy) is 1. The molecule has 2 aliphatic heterocycles. The first-order valence-corrected chi connectivity index (χ1v) is 9.04. The van der Waals surface area contributed by atoms with Crippen LogP contribution in [0.4, 0.5) is 0 Å². The summed E-state index contributed by atoms with van der Waals surface area (Å²) in [5, 5.41) is 4.52. The predicted molar refractivity (Wildman–Crippen MR) is 93.6 cm³/mol. The maximum absolute atomic E-state index is 13.2. The van der Waals surface area contributed by atoms with Gasteiger partial charge in [0, 0.05) is 18.7 Å². The van der Waals surface area contributed by atoms with Crippen molar-refractivity contribution < 1.29 is 9.53 Å². The molecule has 0 aliphatic carbocycles. The number of benzene rings is 1. The van der Waals surface area contributed by atoms with Gasteiger partial charge in [-0.15, -0.1) is 0 Å². The van der Waals surface area contributed by atoms with Crippen LogP contribution in [0.25, 0.3) is 0 Å². The van der Waals surface area contributed by atoms with E-state index in [1.807, 2.05) is 47.7 Å². The quantitative estimate of drug-likeness (QED) is 0.843. The molecular weight excluding hydrogens is 316 g/mol. The SMILES string of the molecule is Cc1nc(C)n([C@@H]2CCCN(C(=O)[C@@H]3CCOc4ccccc43)C2)n1. The second kappa shape index (κ2) is 6.50. The highest BCUT2D eigenvalue weighted by molar-refractivity contribution is 5.85. The fourth-order valence-corrected chi connectivity index (χ4v) is 4.06. The van der Waals surface area contributed by atoms with Crippen molar-refractivity contribution in [2.24, 2.45) is 0 Å². The van der Waals surface area contributed by atoms with Crippen LogP contribution in [0, 0.1) is 13.8 Å². The molecule has 0 bridgehead atoms. The highest BCUT2D eigenvalue weighted by atomic mass is 16.5. The van der Waals surface area contributed by atoms with Crippen molar-refractivity contribution in [1.82, 2.24) is 19.7 Å². The Morgan fingerprint density at radius 3 is 2.88 bits per heavy atom. The lowest BCUT2D eigenvalue weighted by Crippen LogP contribution is -2.44. The zero-order valence-electron chi connectivity index (χ0n) is 14.8. The summed E-state index contributed by atoms with van der Waals surface area (Å²) in [6.45, 7) is 6.03. The Kier molecular flexibility index (Phi) is 4.19. The molecular formula is C19H24N4O2. The topological polar surface area (TPSA) is 60.2 Å². The van der Waals surface area contributed by atoms with Gasteiger partial charge in [-0.05, 0) is 39.2 Å². The normalized spacial score (nSPS) is 23.0. The van der Waals surface area contributed by atoms with Gasteiger partial charge in [0.25, 0.3) is 0 Å². The lowest BCUT2D eigenvalue weighted by atomic mass is 9.91. The zero-order chi connectivity index (χ0) is 17.4. The molecule has 0 radical (unpaired) electrons. The number of carbonyl (C=O) groups excluding carboxylic acids is 1. The smallest absolute Gasteiger partial charge is 0.230 e. The second-order valence-corrected chi connectivity index (χ2v) is 6.96. The van der Waals surface area contributed by atoms with E-state index in [-0.39, 0.29) is 17.9 Å². The Hall–Kier alpha value is -2.37. The Morgan fingerprint density at radius 1 is 1.24 bits per heavy atom. The van der Waals surface area contributed by atoms with Crippen molar-refractivity contribution in [2.45, 2.75) is 45.1 Å². The van der Waals surface area contributed by atoms with E-state index in [0.29, 0.717) is 13.2 Å². The molecule has 2 aromatic rings. The number of hydrogen-bond donors (Lipinski definition) is 0. The molecule has 3 heterocycles. The first-order valence-electron chi connectivity index (χ1n) is 9.04. The summed E-state index contributed by atoms with van der Waals surface area (Å²) in [6.07, 6.45) is 2.79. The number of amides is 1. The van der Waals surface area contributed by atoms with Gasteiger partial charge in [0.1, 0.15) is 17.4 Å². The highest BCUT2D eigenvalue weighted by Gasteiger charge is 2.34. The minimum absolute atomic E-state index is 0.0951. The van der Waals surface area contributed by atoms with E-state index >= 15 is 0 Å². The summed E-state index contributed by atoms with van der Waals surface area (Å²) < 4.78 is 7.70. The first kappa shape index (κ1) is 16.1. The summed E-state index contributed by atoms with van der Waals surface area (Å²) in [5.74, 6) is 2.69. The predicted octanol–water partition coefficient (Wildman–Crippen LogP) is 2.62. The van der Waals surface area contributed by atoms with Gasteiger partial charge in [0.2, 0.25) is 5.91 Å². The van der Waals surface area contributed by atoms with Crippen molar-refractivity contribution in [3.63, 3.8) is 0 Å². The molecule has 0 spiro atoms. The number of para-hydroxylation sites is 1. The maximum Gasteiger partial charge on any atom is 0.230 e. The van der Waals surface area contributed by atoms with Gasteiger partial charge >= 0.3 is 0 Å². The molecule has 2 atom stereocenters. The molecule has 2 aliphatic rings. The number of aromatic nitrogens is 3. The number of aryl methyl sites for hydroxylation is 2. The van der Waals surface area contributed by atoms with Crippen molar-refractivity contribution in [3.8, 4) is 5.75 Å². The number of piperidine rings is 1. The lowest BCUT2D eigenvalue weighted by Gasteiger charge is -2.36. The van der Waals surface area contributed by atoms with Crippen LogP contribution in [0.2, 0.25) is 0 Å². The minimum atomic E-state index is -0.0951. The standard InChI is InChI=1S/C19H24N4O2/c1-13-20-14(2)23(21-13)15-6-5-10-22(12-15)19(24)17-9-11-25-18-8-4-3-7-16(17)18/h3-4,7-8,15,17H,5-6,9-12H2,1-2H3/t15-,17-/m1/s1. The molecule has 1 amide bonds. The summed E-state index contributed by atoms with van der Waals surface area (Å²) in [4.78, 5) is 19.6. The van der Waals surface area contributed by atoms with Crippen LogP contribution in [0.15, 0.2) is 24.3 Å². The van der Waals surface area contributed by atoms with Gasteiger partial charge < -0.3 is 9.64 Å². The third kappa shape index (κ3) is 3.01. The summed E-state index contributed by atoms with van der Waals surface area (Å²) in [5.41, 5.74) is 1.02. The molecule has 4 rings (SSSR count). The molecule has 1 aromatic heterocycles. The van der Waals surface area contributed by atoms with Crippen LogP contribution in [0.1, 0.15) is 48.4 Å². The van der Waals surface area contributed by atoms with Gasteiger partial charge in [-0.3, -0.25) is 4.79 Å². The fourth-order valence-electron chi connectivity index (χ4n) is 4.06. The van der Waals surface area contributed by atoms with E-state index in [9.17, 15) is 4.79 Å². The van der Waals surface area contributed by atoms with Crippen molar-refractivity contribution >= 4 is 5.91 Å². The Morgan fingerprint density at radius 2 is 2.08 bits per heavy atom. The average molecular weight is 340 g/mol. The third-order valence-electron chi connectivity index (χ3n) is 5.22. The molecule has 25 heavy (non-hydrogen) atoms.